The Hall–Kier alpha value is -2.64. The predicted octanol–water partition coefficient (Wildman–Crippen LogP) is 4.37. The maximum Gasteiger partial charge on any atom is 0.216 e. The first-order valence-electron chi connectivity index (χ1n) is 7.80. The Kier molecular flexibility index (Phi) is 5.70. The first-order valence-corrected chi connectivity index (χ1v) is 8.59. The molecule has 0 saturated heterocycles. The number of H-pyrrole nitrogens is 1. The molecule has 0 radical (unpaired) electrons. The van der Waals surface area contributed by atoms with E-state index >= 15 is 0 Å². The molecule has 1 heterocycles. The number of aromatic nitrogens is 3. The van der Waals surface area contributed by atoms with E-state index in [0.717, 1.165) is 11.1 Å². The first-order chi connectivity index (χ1) is 12.6. The van der Waals surface area contributed by atoms with Gasteiger partial charge in [0.05, 0.1) is 13.3 Å². The van der Waals surface area contributed by atoms with Gasteiger partial charge in [-0.15, -0.1) is 0 Å². The molecular weight excluding hydrogens is 372 g/mol. The number of rotatable bonds is 6. The highest BCUT2D eigenvalue weighted by Crippen LogP contribution is 2.28. The van der Waals surface area contributed by atoms with Gasteiger partial charge in [-0.3, -0.25) is 5.10 Å². The lowest BCUT2D eigenvalue weighted by atomic mass is 10.2. The largest absolute Gasteiger partial charge is 0.493 e. The molecule has 3 rings (SSSR count). The number of halogens is 1. The Balaban J connectivity index is 1.75. The summed E-state index contributed by atoms with van der Waals surface area (Å²) < 4.78 is 13.3. The van der Waals surface area contributed by atoms with E-state index in [-0.39, 0.29) is 0 Å². The molecule has 134 valence electrons. The van der Waals surface area contributed by atoms with Crippen LogP contribution >= 0.6 is 23.8 Å². The first kappa shape index (κ1) is 18.2. The van der Waals surface area contributed by atoms with E-state index in [1.165, 1.54) is 0 Å². The normalized spacial score (nSPS) is 11.0. The molecule has 0 bridgehead atoms. The van der Waals surface area contributed by atoms with Crippen molar-refractivity contribution in [3.63, 3.8) is 0 Å². The number of benzene rings is 2. The Morgan fingerprint density at radius 2 is 2.00 bits per heavy atom. The fraction of sp³-hybridized carbons (Fsp3) is 0.167. The van der Waals surface area contributed by atoms with Crippen molar-refractivity contribution in [1.29, 1.82) is 0 Å². The van der Waals surface area contributed by atoms with Crippen LogP contribution in [0.2, 0.25) is 5.02 Å². The fourth-order valence-electron chi connectivity index (χ4n) is 2.26. The number of aryl methyl sites for hydroxylation is 1. The zero-order valence-corrected chi connectivity index (χ0v) is 15.8. The zero-order valence-electron chi connectivity index (χ0n) is 14.3. The van der Waals surface area contributed by atoms with Crippen molar-refractivity contribution >= 4 is 30.0 Å². The number of hydrogen-bond donors (Lipinski definition) is 1. The lowest BCUT2D eigenvalue weighted by Crippen LogP contribution is -1.99. The standard InChI is InChI=1S/C18H17ClN4O2S/c1-12-21-22-18(26)23(12)20-10-14-5-8-16(17(9-14)24-2)25-11-13-3-6-15(19)7-4-13/h3-10H,11H2,1-2H3,(H,22,26)/b20-10-. The number of nitrogens with zero attached hydrogens (tertiary/aromatic N) is 3. The van der Waals surface area contributed by atoms with Crippen LogP contribution in [-0.4, -0.2) is 28.2 Å². The van der Waals surface area contributed by atoms with Crippen LogP contribution in [0.5, 0.6) is 11.5 Å². The summed E-state index contributed by atoms with van der Waals surface area (Å²) in [5.41, 5.74) is 1.87. The summed E-state index contributed by atoms with van der Waals surface area (Å²) in [6.07, 6.45) is 1.68. The van der Waals surface area contributed by atoms with Crippen LogP contribution in [0.3, 0.4) is 0 Å². The Labute approximate surface area is 161 Å². The molecule has 6 nitrogen and oxygen atoms in total. The maximum absolute atomic E-state index is 5.89. The second-order valence-electron chi connectivity index (χ2n) is 5.46. The van der Waals surface area contributed by atoms with E-state index in [2.05, 4.69) is 15.3 Å². The Morgan fingerprint density at radius 1 is 1.23 bits per heavy atom. The summed E-state index contributed by atoms with van der Waals surface area (Å²) in [5.74, 6) is 1.95. The highest BCUT2D eigenvalue weighted by molar-refractivity contribution is 7.71. The summed E-state index contributed by atoms with van der Waals surface area (Å²) in [6.45, 7) is 2.24. The van der Waals surface area contributed by atoms with Crippen molar-refractivity contribution in [3.05, 3.63) is 69.2 Å². The van der Waals surface area contributed by atoms with Crippen LogP contribution in [-0.2, 0) is 6.61 Å². The van der Waals surface area contributed by atoms with Crippen molar-refractivity contribution in [3.8, 4) is 11.5 Å². The summed E-state index contributed by atoms with van der Waals surface area (Å²) in [6, 6.07) is 13.1. The van der Waals surface area contributed by atoms with Crippen molar-refractivity contribution in [2.45, 2.75) is 13.5 Å². The molecule has 0 fully saturated rings. The minimum Gasteiger partial charge on any atom is -0.493 e. The maximum atomic E-state index is 5.89. The minimum absolute atomic E-state index is 0.421. The van der Waals surface area contributed by atoms with E-state index in [4.69, 9.17) is 33.3 Å². The second-order valence-corrected chi connectivity index (χ2v) is 6.28. The molecule has 0 aliphatic heterocycles. The SMILES string of the molecule is COc1cc(/C=N\n2c(C)n[nH]c2=S)ccc1OCc1ccc(Cl)cc1. The van der Waals surface area contributed by atoms with Crippen LogP contribution in [0.4, 0.5) is 0 Å². The van der Waals surface area contributed by atoms with Gasteiger partial charge in [0.2, 0.25) is 4.77 Å². The van der Waals surface area contributed by atoms with Gasteiger partial charge in [-0.1, -0.05) is 23.7 Å². The highest BCUT2D eigenvalue weighted by atomic mass is 35.5. The van der Waals surface area contributed by atoms with Gasteiger partial charge in [0.25, 0.3) is 0 Å². The van der Waals surface area contributed by atoms with Crippen LogP contribution < -0.4 is 9.47 Å². The summed E-state index contributed by atoms with van der Waals surface area (Å²) in [5, 5.41) is 11.7. The molecule has 2 aromatic carbocycles. The third-order valence-electron chi connectivity index (χ3n) is 3.63. The molecule has 8 heteroatoms. The van der Waals surface area contributed by atoms with Gasteiger partial charge in [0.1, 0.15) is 12.4 Å². The Morgan fingerprint density at radius 3 is 2.65 bits per heavy atom. The Bertz CT molecular complexity index is 980. The van der Waals surface area contributed by atoms with E-state index < -0.39 is 0 Å². The van der Waals surface area contributed by atoms with Gasteiger partial charge in [0, 0.05) is 5.02 Å². The fourth-order valence-corrected chi connectivity index (χ4v) is 2.61. The third kappa shape index (κ3) is 4.30. The van der Waals surface area contributed by atoms with Crippen molar-refractivity contribution in [2.75, 3.05) is 7.11 Å². The van der Waals surface area contributed by atoms with Gasteiger partial charge in [0.15, 0.2) is 11.5 Å². The molecular formula is C18H17ClN4O2S. The molecule has 0 amide bonds. The molecule has 26 heavy (non-hydrogen) atoms. The molecule has 0 spiro atoms. The number of methoxy groups -OCH3 is 1. The lowest BCUT2D eigenvalue weighted by Gasteiger charge is -2.11. The van der Waals surface area contributed by atoms with Crippen molar-refractivity contribution in [2.24, 2.45) is 5.10 Å². The lowest BCUT2D eigenvalue weighted by molar-refractivity contribution is 0.284. The topological polar surface area (TPSA) is 64.4 Å². The predicted molar refractivity (Wildman–Crippen MR) is 104 cm³/mol. The summed E-state index contributed by atoms with van der Waals surface area (Å²) in [4.78, 5) is 0. The molecule has 0 unspecified atom stereocenters. The van der Waals surface area contributed by atoms with Gasteiger partial charge in [-0.05, 0) is 60.6 Å². The molecule has 0 saturated carbocycles. The average molecular weight is 389 g/mol. The zero-order chi connectivity index (χ0) is 18.5. The van der Waals surface area contributed by atoms with E-state index in [0.29, 0.717) is 33.7 Å². The molecule has 0 atom stereocenters. The molecule has 0 aliphatic rings. The van der Waals surface area contributed by atoms with Crippen LogP contribution in [0, 0.1) is 11.7 Å². The summed E-state index contributed by atoms with van der Waals surface area (Å²) >= 11 is 11.0. The highest BCUT2D eigenvalue weighted by Gasteiger charge is 2.06. The number of ether oxygens (including phenoxy) is 2. The molecule has 3 aromatic rings. The van der Waals surface area contributed by atoms with Gasteiger partial charge in [-0.25, -0.2) is 0 Å². The smallest absolute Gasteiger partial charge is 0.216 e. The van der Waals surface area contributed by atoms with Crippen LogP contribution in [0.1, 0.15) is 17.0 Å². The number of aromatic amines is 1. The van der Waals surface area contributed by atoms with E-state index in [1.807, 2.05) is 49.4 Å². The molecule has 1 N–H and O–H groups in total. The monoisotopic (exact) mass is 388 g/mol. The van der Waals surface area contributed by atoms with Crippen molar-refractivity contribution < 1.29 is 9.47 Å². The molecule has 1 aromatic heterocycles. The average Bonchev–Trinajstić information content (AvgIpc) is 2.97. The van der Waals surface area contributed by atoms with E-state index in [1.54, 1.807) is 18.0 Å². The quantitative estimate of drug-likeness (QED) is 0.503. The van der Waals surface area contributed by atoms with Gasteiger partial charge in [-0.2, -0.15) is 14.9 Å². The minimum atomic E-state index is 0.421. The molecule has 0 aliphatic carbocycles. The van der Waals surface area contributed by atoms with Gasteiger partial charge >= 0.3 is 0 Å². The third-order valence-corrected chi connectivity index (χ3v) is 4.15. The van der Waals surface area contributed by atoms with Crippen LogP contribution in [0.15, 0.2) is 47.6 Å². The van der Waals surface area contributed by atoms with Crippen molar-refractivity contribution in [1.82, 2.24) is 14.9 Å². The number of nitrogens with one attached hydrogen (secondary N) is 1. The van der Waals surface area contributed by atoms with Crippen LogP contribution in [0.25, 0.3) is 0 Å². The van der Waals surface area contributed by atoms with Gasteiger partial charge < -0.3 is 9.47 Å². The second kappa shape index (κ2) is 8.16. The number of hydrogen-bond acceptors (Lipinski definition) is 5. The summed E-state index contributed by atoms with van der Waals surface area (Å²) in [7, 11) is 1.60. The van der Waals surface area contributed by atoms with E-state index in [9.17, 15) is 0 Å².